The lowest BCUT2D eigenvalue weighted by molar-refractivity contribution is -0.150. The fourth-order valence-corrected chi connectivity index (χ4v) is 5.36. The molecule has 0 radical (unpaired) electrons. The van der Waals surface area contributed by atoms with E-state index in [4.69, 9.17) is 9.84 Å². The molecule has 1 atom stereocenters. The lowest BCUT2D eigenvalue weighted by atomic mass is 10.0. The van der Waals surface area contributed by atoms with Gasteiger partial charge in [-0.1, -0.05) is 142 Å². The molecule has 0 aliphatic rings. The van der Waals surface area contributed by atoms with E-state index in [1.54, 1.807) is 0 Å². The first kappa shape index (κ1) is 38.7. The van der Waals surface area contributed by atoms with Gasteiger partial charge in [0.05, 0.1) is 0 Å². The fourth-order valence-electron chi connectivity index (χ4n) is 5.36. The quantitative estimate of drug-likeness (QED) is 0.0501. The van der Waals surface area contributed by atoms with Crippen LogP contribution in [0.4, 0.5) is 0 Å². The van der Waals surface area contributed by atoms with E-state index in [9.17, 15) is 9.59 Å². The van der Waals surface area contributed by atoms with E-state index in [2.05, 4.69) is 26.0 Å². The molecule has 0 aromatic carbocycles. The maximum Gasteiger partial charge on any atom is 0.306 e. The molecule has 1 N–H and O–H groups in total. The average molecular weight is 565 g/mol. The summed E-state index contributed by atoms with van der Waals surface area (Å²) in [5.41, 5.74) is 0. The monoisotopic (exact) mass is 565 g/mol. The Kier molecular flexibility index (Phi) is 31.1. The number of aliphatic carboxylic acids is 1. The summed E-state index contributed by atoms with van der Waals surface area (Å²) < 4.78 is 5.97. The molecule has 4 heteroatoms. The molecular formula is C36H68O4. The van der Waals surface area contributed by atoms with Crippen LogP contribution in [0.5, 0.6) is 0 Å². The molecule has 40 heavy (non-hydrogen) atoms. The molecule has 0 saturated carbocycles. The van der Waals surface area contributed by atoms with Crippen molar-refractivity contribution in [3.63, 3.8) is 0 Å². The van der Waals surface area contributed by atoms with Gasteiger partial charge >= 0.3 is 11.9 Å². The summed E-state index contributed by atoms with van der Waals surface area (Å²) in [6, 6.07) is 0. The molecule has 0 spiro atoms. The maximum absolute atomic E-state index is 12.6. The highest BCUT2D eigenvalue weighted by Crippen LogP contribution is 2.19. The van der Waals surface area contributed by atoms with Crippen molar-refractivity contribution in [1.82, 2.24) is 0 Å². The summed E-state index contributed by atoms with van der Waals surface area (Å²) in [6.45, 7) is 4.49. The first-order valence-electron chi connectivity index (χ1n) is 17.7. The standard InChI is InChI=1S/C36H68O4/c1-3-5-7-9-11-13-15-16-17-19-22-26-30-34(31-27-23-21-24-28-32-35(37)38)40-36(39)33-29-25-20-18-14-12-10-8-6-4-2/h8,10,34H,3-7,9,11-33H2,1-2H3,(H,37,38)/b10-8-. The Morgan fingerprint density at radius 2 is 0.950 bits per heavy atom. The summed E-state index contributed by atoms with van der Waals surface area (Å²) >= 11 is 0. The van der Waals surface area contributed by atoms with Crippen LogP contribution in [-0.4, -0.2) is 23.1 Å². The van der Waals surface area contributed by atoms with Gasteiger partial charge in [0.1, 0.15) is 6.10 Å². The molecule has 236 valence electrons. The minimum atomic E-state index is -0.700. The third kappa shape index (κ3) is 31.2. The van der Waals surface area contributed by atoms with Crippen molar-refractivity contribution >= 4 is 11.9 Å². The smallest absolute Gasteiger partial charge is 0.306 e. The first-order valence-corrected chi connectivity index (χ1v) is 17.7. The Morgan fingerprint density at radius 1 is 0.525 bits per heavy atom. The largest absolute Gasteiger partial charge is 0.481 e. The minimum Gasteiger partial charge on any atom is -0.481 e. The van der Waals surface area contributed by atoms with Crippen LogP contribution in [0, 0.1) is 0 Å². The van der Waals surface area contributed by atoms with Crippen molar-refractivity contribution in [1.29, 1.82) is 0 Å². The molecule has 0 aromatic rings. The second-order valence-electron chi connectivity index (χ2n) is 12.1. The predicted octanol–water partition coefficient (Wildman–Crippen LogP) is 11.9. The molecule has 0 rings (SSSR count). The number of hydrogen-bond acceptors (Lipinski definition) is 3. The van der Waals surface area contributed by atoms with E-state index >= 15 is 0 Å². The number of allylic oxidation sites excluding steroid dienone is 2. The van der Waals surface area contributed by atoms with Crippen molar-refractivity contribution in [2.75, 3.05) is 0 Å². The Hall–Kier alpha value is -1.32. The molecule has 0 bridgehead atoms. The number of carboxylic acids is 1. The van der Waals surface area contributed by atoms with E-state index in [1.165, 1.54) is 109 Å². The fraction of sp³-hybridized carbons (Fsp3) is 0.889. The zero-order chi connectivity index (χ0) is 29.4. The summed E-state index contributed by atoms with van der Waals surface area (Å²) in [7, 11) is 0. The maximum atomic E-state index is 12.6. The molecule has 0 aliphatic carbocycles. The van der Waals surface area contributed by atoms with Crippen LogP contribution in [0.3, 0.4) is 0 Å². The number of esters is 1. The van der Waals surface area contributed by atoms with Crippen LogP contribution >= 0.6 is 0 Å². The molecule has 1 unspecified atom stereocenters. The summed E-state index contributed by atoms with van der Waals surface area (Å²) in [6.07, 6.45) is 37.9. The number of hydrogen-bond donors (Lipinski definition) is 1. The van der Waals surface area contributed by atoms with Crippen LogP contribution in [0.25, 0.3) is 0 Å². The lowest BCUT2D eigenvalue weighted by Crippen LogP contribution is -2.18. The van der Waals surface area contributed by atoms with Crippen LogP contribution in [-0.2, 0) is 14.3 Å². The molecule has 0 amide bonds. The third-order valence-corrected chi connectivity index (χ3v) is 7.97. The van der Waals surface area contributed by atoms with Crippen molar-refractivity contribution in [2.24, 2.45) is 0 Å². The van der Waals surface area contributed by atoms with Gasteiger partial charge in [0, 0.05) is 12.8 Å². The van der Waals surface area contributed by atoms with Gasteiger partial charge in [0.2, 0.25) is 0 Å². The second kappa shape index (κ2) is 32.2. The lowest BCUT2D eigenvalue weighted by Gasteiger charge is -2.18. The summed E-state index contributed by atoms with van der Waals surface area (Å²) in [5, 5.41) is 8.78. The van der Waals surface area contributed by atoms with Crippen LogP contribution in [0.1, 0.15) is 200 Å². The van der Waals surface area contributed by atoms with Crippen molar-refractivity contribution in [3.05, 3.63) is 12.2 Å². The highest BCUT2D eigenvalue weighted by atomic mass is 16.5. The minimum absolute atomic E-state index is 0.00658. The molecule has 0 heterocycles. The van der Waals surface area contributed by atoms with Gasteiger partial charge in [-0.3, -0.25) is 9.59 Å². The zero-order valence-corrected chi connectivity index (χ0v) is 26.9. The summed E-state index contributed by atoms with van der Waals surface area (Å²) in [4.78, 5) is 23.2. The van der Waals surface area contributed by atoms with Crippen LogP contribution in [0.15, 0.2) is 12.2 Å². The number of carboxylic acid groups (broad SMARTS) is 1. The van der Waals surface area contributed by atoms with E-state index in [0.717, 1.165) is 64.2 Å². The van der Waals surface area contributed by atoms with E-state index in [-0.39, 0.29) is 18.5 Å². The topological polar surface area (TPSA) is 63.6 Å². The predicted molar refractivity (Wildman–Crippen MR) is 172 cm³/mol. The Morgan fingerprint density at radius 3 is 1.45 bits per heavy atom. The SMILES string of the molecule is CCC/C=C\CCCCCCCC(=O)OC(CCCCCCCCCCCCCC)CCCCCCCC(=O)O. The Bertz CT molecular complexity index is 571. The normalized spacial score (nSPS) is 12.2. The second-order valence-corrected chi connectivity index (χ2v) is 12.1. The number of rotatable bonds is 32. The van der Waals surface area contributed by atoms with Gasteiger partial charge in [-0.05, 0) is 57.8 Å². The highest BCUT2D eigenvalue weighted by Gasteiger charge is 2.14. The molecule has 0 fully saturated rings. The van der Waals surface area contributed by atoms with Crippen molar-refractivity contribution < 1.29 is 19.4 Å². The number of unbranched alkanes of at least 4 members (excludes halogenated alkanes) is 21. The van der Waals surface area contributed by atoms with Gasteiger partial charge in [-0.25, -0.2) is 0 Å². The Labute approximate surface area is 249 Å². The van der Waals surface area contributed by atoms with E-state index in [1.807, 2.05) is 0 Å². The molecule has 4 nitrogen and oxygen atoms in total. The molecule has 0 aromatic heterocycles. The number of carbonyl (C=O) groups excluding carboxylic acids is 1. The average Bonchev–Trinajstić information content (AvgIpc) is 2.93. The summed E-state index contributed by atoms with van der Waals surface area (Å²) in [5.74, 6) is -0.707. The van der Waals surface area contributed by atoms with Crippen molar-refractivity contribution in [3.8, 4) is 0 Å². The zero-order valence-electron chi connectivity index (χ0n) is 26.9. The van der Waals surface area contributed by atoms with Crippen LogP contribution < -0.4 is 0 Å². The van der Waals surface area contributed by atoms with Crippen molar-refractivity contribution in [2.45, 2.75) is 206 Å². The van der Waals surface area contributed by atoms with Gasteiger partial charge in [0.25, 0.3) is 0 Å². The van der Waals surface area contributed by atoms with Gasteiger partial charge < -0.3 is 9.84 Å². The molecule has 0 aliphatic heterocycles. The third-order valence-electron chi connectivity index (χ3n) is 7.97. The van der Waals surface area contributed by atoms with Gasteiger partial charge in [-0.2, -0.15) is 0 Å². The van der Waals surface area contributed by atoms with Gasteiger partial charge in [-0.15, -0.1) is 0 Å². The van der Waals surface area contributed by atoms with E-state index in [0.29, 0.717) is 6.42 Å². The van der Waals surface area contributed by atoms with E-state index < -0.39 is 5.97 Å². The Balaban J connectivity index is 4.06. The van der Waals surface area contributed by atoms with Gasteiger partial charge in [0.15, 0.2) is 0 Å². The first-order chi connectivity index (χ1) is 19.6. The molecular weight excluding hydrogens is 496 g/mol. The molecule has 0 saturated heterocycles. The highest BCUT2D eigenvalue weighted by molar-refractivity contribution is 5.69. The van der Waals surface area contributed by atoms with Crippen LogP contribution in [0.2, 0.25) is 0 Å². The number of ether oxygens (including phenoxy) is 1. The number of carbonyl (C=O) groups is 2.